The first-order valence-electron chi connectivity index (χ1n) is 14.0. The summed E-state index contributed by atoms with van der Waals surface area (Å²) in [5, 5.41) is 8.21. The summed E-state index contributed by atoms with van der Waals surface area (Å²) in [6, 6.07) is 15.3. The highest BCUT2D eigenvalue weighted by Crippen LogP contribution is 2.33. The summed E-state index contributed by atoms with van der Waals surface area (Å²) in [6.07, 6.45) is 0.158. The molecule has 1 heterocycles. The van der Waals surface area contributed by atoms with Crippen LogP contribution in [-0.2, 0) is 32.0 Å². The molecule has 2 aromatic rings. The number of benzene rings is 2. The second-order valence-corrected chi connectivity index (χ2v) is 11.4. The van der Waals surface area contributed by atoms with E-state index in [4.69, 9.17) is 9.47 Å². The number of carbonyl (C=O) groups is 4. The van der Waals surface area contributed by atoms with E-state index in [1.807, 2.05) is 43.3 Å². The molecule has 1 aliphatic heterocycles. The Morgan fingerprint density at radius 3 is 2.20 bits per heavy atom. The van der Waals surface area contributed by atoms with E-state index in [0.717, 1.165) is 23.1 Å². The van der Waals surface area contributed by atoms with Crippen LogP contribution in [0.5, 0.6) is 0 Å². The molecule has 0 spiro atoms. The second kappa shape index (κ2) is 14.0. The zero-order chi connectivity index (χ0) is 30.0. The number of nitrogens with one attached hydrogen (secondary N) is 3. The fraction of sp³-hybridized carbons (Fsp3) is 0.484. The molecule has 4 amide bonds. The van der Waals surface area contributed by atoms with Crippen molar-refractivity contribution in [2.45, 2.75) is 66.0 Å². The van der Waals surface area contributed by atoms with E-state index in [1.165, 1.54) is 0 Å². The monoisotopic (exact) mass is 566 g/mol. The van der Waals surface area contributed by atoms with Gasteiger partial charge in [0.15, 0.2) is 0 Å². The van der Waals surface area contributed by atoms with E-state index in [1.54, 1.807) is 37.8 Å². The Balaban J connectivity index is 1.63. The number of carbonyl (C=O) groups excluding carboxylic acids is 4. The maximum Gasteiger partial charge on any atom is 0.411 e. The average Bonchev–Trinajstić information content (AvgIpc) is 2.94. The molecule has 3 rings (SSSR count). The SMILES string of the molecule is CCc1ccc(NC(=O)OCC2(C(=O)NCc3ccccc3C)CCN(C(=O)CNC(=O)OC(C)(C)C)CC2)cc1. The first-order valence-corrected chi connectivity index (χ1v) is 14.0. The van der Waals surface area contributed by atoms with Gasteiger partial charge in [-0.15, -0.1) is 0 Å². The number of piperidine rings is 1. The maximum absolute atomic E-state index is 13.6. The van der Waals surface area contributed by atoms with Gasteiger partial charge in [0.05, 0.1) is 5.41 Å². The molecule has 10 heteroatoms. The minimum Gasteiger partial charge on any atom is -0.448 e. The molecule has 0 aromatic heterocycles. The van der Waals surface area contributed by atoms with Gasteiger partial charge in [-0.2, -0.15) is 0 Å². The standard InChI is InChI=1S/C31H42N4O6/c1-6-23-11-13-25(14-12-23)34-29(39)40-21-31(27(37)32-19-24-10-8-7-9-22(24)2)15-17-35(18-16-31)26(36)20-33-28(38)41-30(3,4)5/h7-14H,6,15-21H2,1-5H3,(H,32,37)(H,33,38)(H,34,39). The van der Waals surface area contributed by atoms with Crippen LogP contribution in [0.25, 0.3) is 0 Å². The fourth-order valence-electron chi connectivity index (χ4n) is 4.55. The highest BCUT2D eigenvalue weighted by molar-refractivity contribution is 5.87. The lowest BCUT2D eigenvalue weighted by molar-refractivity contribution is -0.142. The summed E-state index contributed by atoms with van der Waals surface area (Å²) < 4.78 is 10.8. The van der Waals surface area contributed by atoms with Gasteiger partial charge in [0.25, 0.3) is 0 Å². The third-order valence-corrected chi connectivity index (χ3v) is 7.13. The number of hydrogen-bond acceptors (Lipinski definition) is 6. The maximum atomic E-state index is 13.6. The molecule has 0 aliphatic carbocycles. The largest absolute Gasteiger partial charge is 0.448 e. The molecule has 41 heavy (non-hydrogen) atoms. The Bertz CT molecular complexity index is 1210. The van der Waals surface area contributed by atoms with Crippen molar-refractivity contribution in [3.05, 3.63) is 65.2 Å². The van der Waals surface area contributed by atoms with Crippen molar-refractivity contribution in [2.75, 3.05) is 31.6 Å². The highest BCUT2D eigenvalue weighted by atomic mass is 16.6. The fourth-order valence-corrected chi connectivity index (χ4v) is 4.55. The Morgan fingerprint density at radius 2 is 1.59 bits per heavy atom. The molecule has 1 aliphatic rings. The smallest absolute Gasteiger partial charge is 0.411 e. The molecular weight excluding hydrogens is 524 g/mol. The number of amides is 4. The topological polar surface area (TPSA) is 126 Å². The van der Waals surface area contributed by atoms with Crippen molar-refractivity contribution >= 4 is 29.7 Å². The van der Waals surface area contributed by atoms with E-state index in [-0.39, 0.29) is 38.1 Å². The minimum absolute atomic E-state index is 0.135. The van der Waals surface area contributed by atoms with E-state index in [0.29, 0.717) is 25.1 Å². The number of alkyl carbamates (subject to hydrolysis) is 1. The first kappa shape index (κ1) is 31.4. The van der Waals surface area contributed by atoms with Gasteiger partial charge < -0.3 is 25.0 Å². The van der Waals surface area contributed by atoms with Crippen LogP contribution >= 0.6 is 0 Å². The van der Waals surface area contributed by atoms with Crippen LogP contribution in [0.3, 0.4) is 0 Å². The summed E-state index contributed by atoms with van der Waals surface area (Å²) in [5.74, 6) is -0.515. The number of hydrogen-bond donors (Lipinski definition) is 3. The molecule has 10 nitrogen and oxygen atoms in total. The Hall–Kier alpha value is -4.08. The zero-order valence-corrected chi connectivity index (χ0v) is 24.7. The lowest BCUT2D eigenvalue weighted by Crippen LogP contribution is -2.53. The van der Waals surface area contributed by atoms with Gasteiger partial charge in [-0.1, -0.05) is 43.3 Å². The van der Waals surface area contributed by atoms with Crippen LogP contribution in [0.4, 0.5) is 15.3 Å². The molecule has 0 unspecified atom stereocenters. The number of rotatable bonds is 9. The highest BCUT2D eigenvalue weighted by Gasteiger charge is 2.43. The summed E-state index contributed by atoms with van der Waals surface area (Å²) in [7, 11) is 0. The molecule has 1 fully saturated rings. The molecule has 3 N–H and O–H groups in total. The molecule has 222 valence electrons. The van der Waals surface area contributed by atoms with Crippen LogP contribution in [0.15, 0.2) is 48.5 Å². The van der Waals surface area contributed by atoms with Crippen molar-refractivity contribution < 1.29 is 28.7 Å². The Morgan fingerprint density at radius 1 is 0.927 bits per heavy atom. The molecular formula is C31H42N4O6. The van der Waals surface area contributed by atoms with E-state index >= 15 is 0 Å². The van der Waals surface area contributed by atoms with Gasteiger partial charge >= 0.3 is 12.2 Å². The lowest BCUT2D eigenvalue weighted by atomic mass is 9.78. The van der Waals surface area contributed by atoms with Gasteiger partial charge in [0.2, 0.25) is 11.8 Å². The average molecular weight is 567 g/mol. The number of likely N-dealkylation sites (tertiary alicyclic amines) is 1. The van der Waals surface area contributed by atoms with Gasteiger partial charge in [-0.25, -0.2) is 9.59 Å². The van der Waals surface area contributed by atoms with Crippen LogP contribution in [0, 0.1) is 12.3 Å². The van der Waals surface area contributed by atoms with Gasteiger partial charge in [0, 0.05) is 25.3 Å². The zero-order valence-electron chi connectivity index (χ0n) is 24.7. The molecule has 0 bridgehead atoms. The van der Waals surface area contributed by atoms with E-state index in [2.05, 4.69) is 22.9 Å². The summed E-state index contributed by atoms with van der Waals surface area (Å²) in [6.45, 7) is 9.80. The van der Waals surface area contributed by atoms with E-state index < -0.39 is 23.2 Å². The predicted molar refractivity (Wildman–Crippen MR) is 156 cm³/mol. The summed E-state index contributed by atoms with van der Waals surface area (Å²) in [5.41, 5.74) is 2.12. The van der Waals surface area contributed by atoms with Gasteiger partial charge in [-0.3, -0.25) is 14.9 Å². The number of nitrogens with zero attached hydrogens (tertiary/aromatic N) is 1. The molecule has 0 saturated carbocycles. The first-order chi connectivity index (χ1) is 19.4. The van der Waals surface area contributed by atoms with Crippen LogP contribution in [0.2, 0.25) is 0 Å². The number of aryl methyl sites for hydroxylation is 2. The van der Waals surface area contributed by atoms with Gasteiger partial charge in [0.1, 0.15) is 18.8 Å². The lowest BCUT2D eigenvalue weighted by Gasteiger charge is -2.40. The van der Waals surface area contributed by atoms with Crippen LogP contribution < -0.4 is 16.0 Å². The van der Waals surface area contributed by atoms with Crippen LogP contribution in [0.1, 0.15) is 57.2 Å². The number of anilines is 1. The molecule has 0 atom stereocenters. The molecule has 1 saturated heterocycles. The van der Waals surface area contributed by atoms with Crippen molar-refractivity contribution in [1.82, 2.24) is 15.5 Å². The van der Waals surface area contributed by atoms with Crippen LogP contribution in [-0.4, -0.2) is 60.7 Å². The van der Waals surface area contributed by atoms with Crippen molar-refractivity contribution in [3.63, 3.8) is 0 Å². The number of ether oxygens (including phenoxy) is 2. The Labute approximate surface area is 242 Å². The summed E-state index contributed by atoms with van der Waals surface area (Å²) in [4.78, 5) is 52.5. The Kier molecular flexibility index (Phi) is 10.7. The molecule has 2 aromatic carbocycles. The third-order valence-electron chi connectivity index (χ3n) is 7.13. The van der Waals surface area contributed by atoms with Crippen molar-refractivity contribution in [3.8, 4) is 0 Å². The molecule has 0 radical (unpaired) electrons. The summed E-state index contributed by atoms with van der Waals surface area (Å²) >= 11 is 0. The normalized spacial score (nSPS) is 14.5. The van der Waals surface area contributed by atoms with Crippen molar-refractivity contribution in [1.29, 1.82) is 0 Å². The van der Waals surface area contributed by atoms with Gasteiger partial charge in [-0.05, 0) is 75.8 Å². The quantitative estimate of drug-likeness (QED) is 0.409. The van der Waals surface area contributed by atoms with E-state index in [9.17, 15) is 19.2 Å². The van der Waals surface area contributed by atoms with Crippen molar-refractivity contribution in [2.24, 2.45) is 5.41 Å². The second-order valence-electron chi connectivity index (χ2n) is 11.4. The minimum atomic E-state index is -1.01. The predicted octanol–water partition coefficient (Wildman–Crippen LogP) is 4.56. The third kappa shape index (κ3) is 9.51.